The van der Waals surface area contributed by atoms with Crippen molar-refractivity contribution in [2.45, 2.75) is 24.8 Å². The predicted molar refractivity (Wildman–Crippen MR) is 86.4 cm³/mol. The summed E-state index contributed by atoms with van der Waals surface area (Å²) in [6.07, 6.45) is 0. The number of nitrogens with two attached hydrogens (primary N) is 1. The minimum absolute atomic E-state index is 0.0256. The average Bonchev–Trinajstić information content (AvgIpc) is 2.47. The van der Waals surface area contributed by atoms with Crippen LogP contribution in [-0.4, -0.2) is 12.4 Å². The Labute approximate surface area is 125 Å². The second-order valence-electron chi connectivity index (χ2n) is 4.65. The first-order valence-electron chi connectivity index (χ1n) is 6.88. The first kappa shape index (κ1) is 14.9. The third-order valence-corrected chi connectivity index (χ3v) is 4.43. The van der Waals surface area contributed by atoms with Gasteiger partial charge in [0, 0.05) is 22.3 Å². The van der Waals surface area contributed by atoms with E-state index in [4.69, 9.17) is 10.5 Å². The van der Waals surface area contributed by atoms with E-state index in [2.05, 4.69) is 31.2 Å². The molecular formula is C17H21NOS. The van der Waals surface area contributed by atoms with Gasteiger partial charge in [0.25, 0.3) is 0 Å². The summed E-state index contributed by atoms with van der Waals surface area (Å²) in [4.78, 5) is 1.29. The maximum absolute atomic E-state index is 6.32. The summed E-state index contributed by atoms with van der Waals surface area (Å²) in [5, 5.41) is 0. The molecule has 0 heterocycles. The summed E-state index contributed by atoms with van der Waals surface area (Å²) >= 11 is 1.80. The van der Waals surface area contributed by atoms with Crippen LogP contribution in [0.5, 0.6) is 5.75 Å². The van der Waals surface area contributed by atoms with Crippen LogP contribution in [0.25, 0.3) is 0 Å². The van der Waals surface area contributed by atoms with Crippen LogP contribution in [0, 0.1) is 6.92 Å². The molecule has 1 atom stereocenters. The summed E-state index contributed by atoms with van der Waals surface area (Å²) in [7, 11) is 0. The quantitative estimate of drug-likeness (QED) is 0.809. The van der Waals surface area contributed by atoms with Gasteiger partial charge in [0.1, 0.15) is 5.75 Å². The summed E-state index contributed by atoms with van der Waals surface area (Å²) in [5.41, 5.74) is 8.70. The summed E-state index contributed by atoms with van der Waals surface area (Å²) in [6, 6.07) is 16.4. The van der Waals surface area contributed by atoms with Crippen molar-refractivity contribution in [3.63, 3.8) is 0 Å². The van der Waals surface area contributed by atoms with Crippen molar-refractivity contribution in [3.8, 4) is 5.75 Å². The van der Waals surface area contributed by atoms with Crippen molar-refractivity contribution in [2.24, 2.45) is 5.73 Å². The van der Waals surface area contributed by atoms with E-state index in [1.165, 1.54) is 10.5 Å². The number of rotatable bonds is 6. The largest absolute Gasteiger partial charge is 0.494 e. The standard InChI is InChI=1S/C17H21NOS/c1-3-19-16-10-6-5-9-14(16)15(18)12-20-17-11-7-4-8-13(17)2/h4-11,15H,3,12,18H2,1-2H3. The van der Waals surface area contributed by atoms with Crippen LogP contribution in [0.2, 0.25) is 0 Å². The normalized spacial score (nSPS) is 12.2. The molecule has 0 amide bonds. The molecule has 1 unspecified atom stereocenters. The van der Waals surface area contributed by atoms with Gasteiger partial charge >= 0.3 is 0 Å². The molecule has 0 aliphatic carbocycles. The molecule has 2 aromatic carbocycles. The van der Waals surface area contributed by atoms with E-state index in [1.807, 2.05) is 31.2 Å². The van der Waals surface area contributed by atoms with Crippen LogP contribution >= 0.6 is 11.8 Å². The Morgan fingerprint density at radius 1 is 1.10 bits per heavy atom. The summed E-state index contributed by atoms with van der Waals surface area (Å²) in [6.45, 7) is 4.78. The second-order valence-corrected chi connectivity index (χ2v) is 5.72. The molecule has 2 aromatic rings. The molecule has 0 radical (unpaired) electrons. The highest BCUT2D eigenvalue weighted by molar-refractivity contribution is 7.99. The molecule has 2 nitrogen and oxygen atoms in total. The molecule has 0 saturated carbocycles. The van der Waals surface area contributed by atoms with Gasteiger partial charge in [-0.2, -0.15) is 0 Å². The van der Waals surface area contributed by atoms with Crippen molar-refractivity contribution < 1.29 is 4.74 Å². The summed E-state index contributed by atoms with van der Waals surface area (Å²) < 4.78 is 5.64. The fraction of sp³-hybridized carbons (Fsp3) is 0.294. The maximum Gasteiger partial charge on any atom is 0.124 e. The number of ether oxygens (including phenoxy) is 1. The van der Waals surface area contributed by atoms with Gasteiger partial charge in [0.15, 0.2) is 0 Å². The molecule has 0 fully saturated rings. The lowest BCUT2D eigenvalue weighted by Gasteiger charge is -2.16. The predicted octanol–water partition coefficient (Wildman–Crippen LogP) is 4.19. The monoisotopic (exact) mass is 287 g/mol. The van der Waals surface area contributed by atoms with E-state index in [-0.39, 0.29) is 6.04 Å². The molecule has 2 N–H and O–H groups in total. The zero-order chi connectivity index (χ0) is 14.4. The maximum atomic E-state index is 6.32. The zero-order valence-electron chi connectivity index (χ0n) is 12.0. The van der Waals surface area contributed by atoms with Gasteiger partial charge in [-0.3, -0.25) is 0 Å². The van der Waals surface area contributed by atoms with Crippen LogP contribution in [0.1, 0.15) is 24.1 Å². The minimum Gasteiger partial charge on any atom is -0.494 e. The lowest BCUT2D eigenvalue weighted by Crippen LogP contribution is -2.14. The molecule has 2 rings (SSSR count). The van der Waals surface area contributed by atoms with Gasteiger partial charge in [-0.05, 0) is 31.5 Å². The lowest BCUT2D eigenvalue weighted by atomic mass is 10.1. The van der Waals surface area contributed by atoms with Crippen LogP contribution < -0.4 is 10.5 Å². The van der Waals surface area contributed by atoms with E-state index < -0.39 is 0 Å². The second kappa shape index (κ2) is 7.36. The van der Waals surface area contributed by atoms with E-state index in [9.17, 15) is 0 Å². The van der Waals surface area contributed by atoms with Gasteiger partial charge in [0.2, 0.25) is 0 Å². The highest BCUT2D eigenvalue weighted by atomic mass is 32.2. The van der Waals surface area contributed by atoms with Crippen LogP contribution in [0.15, 0.2) is 53.4 Å². The first-order chi connectivity index (χ1) is 9.72. The topological polar surface area (TPSA) is 35.2 Å². The Morgan fingerprint density at radius 3 is 2.55 bits per heavy atom. The van der Waals surface area contributed by atoms with E-state index in [0.29, 0.717) is 6.61 Å². The molecule has 106 valence electrons. The van der Waals surface area contributed by atoms with Crippen molar-refractivity contribution >= 4 is 11.8 Å². The van der Waals surface area contributed by atoms with Gasteiger partial charge < -0.3 is 10.5 Å². The highest BCUT2D eigenvalue weighted by Gasteiger charge is 2.12. The zero-order valence-corrected chi connectivity index (χ0v) is 12.8. The van der Waals surface area contributed by atoms with Crippen molar-refractivity contribution in [1.82, 2.24) is 0 Å². The number of para-hydroxylation sites is 1. The molecule has 20 heavy (non-hydrogen) atoms. The van der Waals surface area contributed by atoms with Gasteiger partial charge in [-0.15, -0.1) is 11.8 Å². The Hall–Kier alpha value is -1.45. The molecule has 0 bridgehead atoms. The highest BCUT2D eigenvalue weighted by Crippen LogP contribution is 2.30. The molecule has 3 heteroatoms. The molecule has 0 aliphatic rings. The number of thioether (sulfide) groups is 1. The Balaban J connectivity index is 2.05. The first-order valence-corrected chi connectivity index (χ1v) is 7.86. The minimum atomic E-state index is -0.0256. The molecule has 0 saturated heterocycles. The number of aryl methyl sites for hydroxylation is 1. The number of hydrogen-bond donors (Lipinski definition) is 1. The van der Waals surface area contributed by atoms with Crippen molar-refractivity contribution in [2.75, 3.05) is 12.4 Å². The third-order valence-electron chi connectivity index (χ3n) is 3.13. The van der Waals surface area contributed by atoms with E-state index in [0.717, 1.165) is 17.1 Å². The molecular weight excluding hydrogens is 266 g/mol. The Kier molecular flexibility index (Phi) is 5.50. The van der Waals surface area contributed by atoms with Gasteiger partial charge in [-0.1, -0.05) is 36.4 Å². The number of benzene rings is 2. The van der Waals surface area contributed by atoms with Crippen LogP contribution in [0.4, 0.5) is 0 Å². The summed E-state index contributed by atoms with van der Waals surface area (Å²) in [5.74, 6) is 1.74. The van der Waals surface area contributed by atoms with Crippen LogP contribution in [-0.2, 0) is 0 Å². The molecule has 0 aromatic heterocycles. The van der Waals surface area contributed by atoms with Crippen molar-refractivity contribution in [1.29, 1.82) is 0 Å². The lowest BCUT2D eigenvalue weighted by molar-refractivity contribution is 0.335. The van der Waals surface area contributed by atoms with Gasteiger partial charge in [0.05, 0.1) is 6.61 Å². The smallest absolute Gasteiger partial charge is 0.124 e. The molecule has 0 spiro atoms. The third kappa shape index (κ3) is 3.78. The average molecular weight is 287 g/mol. The Bertz CT molecular complexity index is 556. The van der Waals surface area contributed by atoms with E-state index in [1.54, 1.807) is 11.8 Å². The van der Waals surface area contributed by atoms with Crippen LogP contribution in [0.3, 0.4) is 0 Å². The number of hydrogen-bond acceptors (Lipinski definition) is 3. The SMILES string of the molecule is CCOc1ccccc1C(N)CSc1ccccc1C. The fourth-order valence-electron chi connectivity index (χ4n) is 2.06. The Morgan fingerprint density at radius 2 is 1.80 bits per heavy atom. The van der Waals surface area contributed by atoms with Crippen molar-refractivity contribution in [3.05, 3.63) is 59.7 Å². The van der Waals surface area contributed by atoms with E-state index >= 15 is 0 Å². The molecule has 0 aliphatic heterocycles. The van der Waals surface area contributed by atoms with Gasteiger partial charge in [-0.25, -0.2) is 0 Å². The fourth-order valence-corrected chi connectivity index (χ4v) is 3.07.